The van der Waals surface area contributed by atoms with Gasteiger partial charge < -0.3 is 10.4 Å². The standard InChI is InChI=1S/C11H13F3N2O2/c1-6(17)5-15-10(18)8-3-4-9(11(12,13)14)16-7(8)2/h3-4,6,17H,5H2,1-2H3,(H,15,18). The number of nitrogens with one attached hydrogen (secondary N) is 1. The number of nitrogens with zero attached hydrogens (tertiary/aromatic N) is 1. The molecule has 0 radical (unpaired) electrons. The van der Waals surface area contributed by atoms with Gasteiger partial charge >= 0.3 is 6.18 Å². The van der Waals surface area contributed by atoms with Gasteiger partial charge in [-0.05, 0) is 26.0 Å². The summed E-state index contributed by atoms with van der Waals surface area (Å²) in [6.07, 6.45) is -5.25. The van der Waals surface area contributed by atoms with E-state index in [0.717, 1.165) is 12.1 Å². The highest BCUT2D eigenvalue weighted by Crippen LogP contribution is 2.28. The second-order valence-corrected chi connectivity index (χ2v) is 3.89. The fourth-order valence-electron chi connectivity index (χ4n) is 1.29. The molecule has 0 spiro atoms. The summed E-state index contributed by atoms with van der Waals surface area (Å²) in [4.78, 5) is 14.9. The molecule has 0 aliphatic carbocycles. The molecule has 1 atom stereocenters. The van der Waals surface area contributed by atoms with E-state index >= 15 is 0 Å². The van der Waals surface area contributed by atoms with Gasteiger partial charge in [-0.3, -0.25) is 4.79 Å². The summed E-state index contributed by atoms with van der Waals surface area (Å²) in [6.45, 7) is 2.84. The maximum Gasteiger partial charge on any atom is 0.433 e. The number of alkyl halides is 3. The third kappa shape index (κ3) is 3.69. The van der Waals surface area contributed by atoms with Crippen LogP contribution in [-0.4, -0.2) is 28.6 Å². The van der Waals surface area contributed by atoms with Crippen LogP contribution < -0.4 is 5.32 Å². The Morgan fingerprint density at radius 3 is 2.56 bits per heavy atom. The van der Waals surface area contributed by atoms with Gasteiger partial charge in [0.25, 0.3) is 5.91 Å². The molecule has 18 heavy (non-hydrogen) atoms. The Morgan fingerprint density at radius 1 is 1.50 bits per heavy atom. The highest BCUT2D eigenvalue weighted by Gasteiger charge is 2.33. The molecule has 0 aliphatic rings. The summed E-state index contributed by atoms with van der Waals surface area (Å²) in [6, 6.07) is 1.83. The Labute approximate surface area is 102 Å². The summed E-state index contributed by atoms with van der Waals surface area (Å²) >= 11 is 0. The van der Waals surface area contributed by atoms with Gasteiger partial charge in [0.15, 0.2) is 0 Å². The lowest BCUT2D eigenvalue weighted by atomic mass is 10.1. The van der Waals surface area contributed by atoms with Gasteiger partial charge in [-0.15, -0.1) is 0 Å². The molecule has 0 aliphatic heterocycles. The Bertz CT molecular complexity index is 444. The van der Waals surface area contributed by atoms with Crippen molar-refractivity contribution in [1.29, 1.82) is 0 Å². The zero-order valence-electron chi connectivity index (χ0n) is 9.88. The zero-order valence-corrected chi connectivity index (χ0v) is 9.88. The summed E-state index contributed by atoms with van der Waals surface area (Å²) < 4.78 is 37.1. The van der Waals surface area contributed by atoms with Gasteiger partial charge in [0.05, 0.1) is 17.4 Å². The number of amides is 1. The SMILES string of the molecule is Cc1nc(C(F)(F)F)ccc1C(=O)NCC(C)O. The predicted octanol–water partition coefficient (Wildman–Crippen LogP) is 1.52. The lowest BCUT2D eigenvalue weighted by Crippen LogP contribution is -2.31. The molecule has 1 aromatic rings. The Kier molecular flexibility index (Phi) is 4.28. The molecule has 1 unspecified atom stereocenters. The number of aryl methyl sites for hydroxylation is 1. The van der Waals surface area contributed by atoms with Crippen LogP contribution in [-0.2, 0) is 6.18 Å². The van der Waals surface area contributed by atoms with Crippen molar-refractivity contribution < 1.29 is 23.1 Å². The monoisotopic (exact) mass is 262 g/mol. The Morgan fingerprint density at radius 2 is 2.11 bits per heavy atom. The quantitative estimate of drug-likeness (QED) is 0.868. The van der Waals surface area contributed by atoms with E-state index in [4.69, 9.17) is 5.11 Å². The van der Waals surface area contributed by atoms with E-state index < -0.39 is 23.9 Å². The number of carbonyl (C=O) groups excluding carboxylic acids is 1. The van der Waals surface area contributed by atoms with E-state index in [1.807, 2.05) is 0 Å². The highest BCUT2D eigenvalue weighted by atomic mass is 19.4. The molecule has 2 N–H and O–H groups in total. The molecule has 0 fully saturated rings. The minimum Gasteiger partial charge on any atom is -0.392 e. The highest BCUT2D eigenvalue weighted by molar-refractivity contribution is 5.95. The van der Waals surface area contributed by atoms with Crippen molar-refractivity contribution in [3.63, 3.8) is 0 Å². The molecular formula is C11H13F3N2O2. The second-order valence-electron chi connectivity index (χ2n) is 3.89. The van der Waals surface area contributed by atoms with Crippen LogP contribution in [0.5, 0.6) is 0 Å². The van der Waals surface area contributed by atoms with E-state index in [1.165, 1.54) is 13.8 Å². The molecule has 0 bridgehead atoms. The molecular weight excluding hydrogens is 249 g/mol. The first kappa shape index (κ1) is 14.4. The van der Waals surface area contributed by atoms with E-state index in [-0.39, 0.29) is 17.8 Å². The predicted molar refractivity (Wildman–Crippen MR) is 58.0 cm³/mol. The van der Waals surface area contributed by atoms with Gasteiger partial charge in [0.2, 0.25) is 0 Å². The molecule has 1 aromatic heterocycles. The molecule has 1 rings (SSSR count). The zero-order chi connectivity index (χ0) is 13.9. The van der Waals surface area contributed by atoms with Crippen molar-refractivity contribution in [2.75, 3.05) is 6.54 Å². The smallest absolute Gasteiger partial charge is 0.392 e. The van der Waals surface area contributed by atoms with Crippen molar-refractivity contribution in [2.24, 2.45) is 0 Å². The molecule has 0 aromatic carbocycles. The lowest BCUT2D eigenvalue weighted by Gasteiger charge is -2.11. The number of hydrogen-bond acceptors (Lipinski definition) is 3. The minimum atomic E-state index is -4.53. The average Bonchev–Trinajstić information content (AvgIpc) is 2.24. The Hall–Kier alpha value is -1.63. The first-order valence-corrected chi connectivity index (χ1v) is 5.23. The van der Waals surface area contributed by atoms with Crippen LogP contribution in [0.1, 0.15) is 28.7 Å². The maximum absolute atomic E-state index is 12.4. The summed E-state index contributed by atoms with van der Waals surface area (Å²) in [7, 11) is 0. The molecule has 0 saturated carbocycles. The maximum atomic E-state index is 12.4. The third-order valence-electron chi connectivity index (χ3n) is 2.18. The van der Waals surface area contributed by atoms with Crippen LogP contribution in [0.2, 0.25) is 0 Å². The number of hydrogen-bond donors (Lipinski definition) is 2. The normalized spacial score (nSPS) is 13.2. The molecule has 0 saturated heterocycles. The number of aliphatic hydroxyl groups is 1. The van der Waals surface area contributed by atoms with Crippen molar-refractivity contribution in [2.45, 2.75) is 26.1 Å². The van der Waals surface area contributed by atoms with Crippen molar-refractivity contribution in [1.82, 2.24) is 10.3 Å². The van der Waals surface area contributed by atoms with E-state index in [2.05, 4.69) is 10.3 Å². The van der Waals surface area contributed by atoms with Crippen LogP contribution >= 0.6 is 0 Å². The first-order valence-electron chi connectivity index (χ1n) is 5.23. The Balaban J connectivity index is 2.89. The van der Waals surface area contributed by atoms with E-state index in [9.17, 15) is 18.0 Å². The molecule has 100 valence electrons. The number of aromatic nitrogens is 1. The third-order valence-corrected chi connectivity index (χ3v) is 2.18. The first-order chi connectivity index (χ1) is 8.21. The van der Waals surface area contributed by atoms with Crippen LogP contribution in [0, 0.1) is 6.92 Å². The minimum absolute atomic E-state index is 0.00656. The summed E-state index contributed by atoms with van der Waals surface area (Å²) in [5.74, 6) is -0.561. The fraction of sp³-hybridized carbons (Fsp3) is 0.455. The van der Waals surface area contributed by atoms with Crippen LogP contribution in [0.3, 0.4) is 0 Å². The van der Waals surface area contributed by atoms with Crippen LogP contribution in [0.15, 0.2) is 12.1 Å². The number of carbonyl (C=O) groups is 1. The van der Waals surface area contributed by atoms with Crippen LogP contribution in [0.25, 0.3) is 0 Å². The molecule has 4 nitrogen and oxygen atoms in total. The van der Waals surface area contributed by atoms with Gasteiger partial charge in [-0.25, -0.2) is 4.98 Å². The lowest BCUT2D eigenvalue weighted by molar-refractivity contribution is -0.141. The largest absolute Gasteiger partial charge is 0.433 e. The number of halogens is 3. The van der Waals surface area contributed by atoms with Gasteiger partial charge in [0.1, 0.15) is 5.69 Å². The van der Waals surface area contributed by atoms with E-state index in [0.29, 0.717) is 0 Å². The van der Waals surface area contributed by atoms with Gasteiger partial charge in [-0.2, -0.15) is 13.2 Å². The molecule has 7 heteroatoms. The fourth-order valence-corrected chi connectivity index (χ4v) is 1.29. The number of aliphatic hydroxyl groups excluding tert-OH is 1. The summed E-state index contributed by atoms with van der Waals surface area (Å²) in [5, 5.41) is 11.4. The second kappa shape index (κ2) is 5.34. The van der Waals surface area contributed by atoms with Gasteiger partial charge in [0, 0.05) is 6.54 Å². The van der Waals surface area contributed by atoms with E-state index in [1.54, 1.807) is 0 Å². The van der Waals surface area contributed by atoms with Gasteiger partial charge in [-0.1, -0.05) is 0 Å². The number of rotatable bonds is 3. The van der Waals surface area contributed by atoms with Crippen molar-refractivity contribution in [3.05, 3.63) is 29.1 Å². The van der Waals surface area contributed by atoms with Crippen LogP contribution in [0.4, 0.5) is 13.2 Å². The van der Waals surface area contributed by atoms with Crippen molar-refractivity contribution in [3.8, 4) is 0 Å². The molecule has 1 amide bonds. The molecule has 1 heterocycles. The topological polar surface area (TPSA) is 62.2 Å². The van der Waals surface area contributed by atoms with Crippen molar-refractivity contribution >= 4 is 5.91 Å². The number of pyridine rings is 1. The average molecular weight is 262 g/mol. The summed E-state index contributed by atoms with van der Waals surface area (Å²) in [5.41, 5.74) is -0.983.